The average Bonchev–Trinajstić information content (AvgIpc) is 3.25. The normalized spacial score (nSPS) is 11.1. The van der Waals surface area contributed by atoms with E-state index in [1.165, 1.54) is 0 Å². The van der Waals surface area contributed by atoms with E-state index in [1.807, 2.05) is 97.1 Å². The van der Waals surface area contributed by atoms with Gasteiger partial charge in [-0.3, -0.25) is 0 Å². The zero-order valence-corrected chi connectivity index (χ0v) is 29.6. The number of allylic oxidation sites excluding steroid dienone is 4. The topological polar surface area (TPSA) is 95.4 Å². The maximum atomic E-state index is 8.80. The highest BCUT2D eigenvalue weighted by Gasteiger charge is 2.20. The molecular weight excluding hydrogens is 657 g/mol. The molecule has 0 fully saturated rings. The largest absolute Gasteiger partial charge is 0.300 e. The van der Waals surface area contributed by atoms with E-state index < -0.39 is 0 Å². The lowest BCUT2D eigenvalue weighted by Gasteiger charge is -2.21. The summed E-state index contributed by atoms with van der Waals surface area (Å²) in [6.45, 7) is 0. The van der Waals surface area contributed by atoms with E-state index in [9.17, 15) is 0 Å². The van der Waals surface area contributed by atoms with Crippen LogP contribution < -0.4 is 0 Å². The van der Waals surface area contributed by atoms with Crippen LogP contribution in [0.25, 0.3) is 44.5 Å². The Kier molecular flexibility index (Phi) is 10.6. The molecule has 0 aliphatic carbocycles. The van der Waals surface area contributed by atoms with Crippen molar-refractivity contribution >= 4 is 22.8 Å². The number of nitrogens with one attached hydrogen (secondary N) is 4. The number of rotatable bonds is 12. The van der Waals surface area contributed by atoms with E-state index in [0.29, 0.717) is 22.8 Å². The quantitative estimate of drug-likeness (QED) is 0.0916. The lowest BCUT2D eigenvalue weighted by atomic mass is 9.82. The fraction of sp³-hybridized carbons (Fsp3) is 0. The van der Waals surface area contributed by atoms with Gasteiger partial charge in [-0.2, -0.15) is 0 Å². The summed E-state index contributed by atoms with van der Waals surface area (Å²) >= 11 is 0. The van der Waals surface area contributed by atoms with E-state index in [2.05, 4.69) is 84.9 Å². The Morgan fingerprint density at radius 3 is 0.815 bits per heavy atom. The average molecular weight is 695 g/mol. The highest BCUT2D eigenvalue weighted by atomic mass is 14.4. The molecule has 0 saturated carbocycles. The molecule has 0 amide bonds. The van der Waals surface area contributed by atoms with Gasteiger partial charge in [0.2, 0.25) is 0 Å². The first-order chi connectivity index (χ1) is 26.5. The molecule has 7 aromatic rings. The SMILES string of the molecule is N=C(/C=C\C(=N)c1ccc(-c2c(-c3ccccc3)ccc(-c3ccccc3)c2-c2ccc(C(=N)/C=C\C(=N)c3ccccc3)cc2)cc1)c1ccccc1. The predicted molar refractivity (Wildman–Crippen MR) is 227 cm³/mol. The first-order valence-electron chi connectivity index (χ1n) is 17.8. The van der Waals surface area contributed by atoms with Gasteiger partial charge in [-0.25, -0.2) is 0 Å². The molecule has 0 radical (unpaired) electrons. The maximum Gasteiger partial charge on any atom is 0.0612 e. The van der Waals surface area contributed by atoms with Crippen molar-refractivity contribution in [3.8, 4) is 44.5 Å². The Labute approximate surface area is 316 Å². The molecular formula is C50H38N4. The molecule has 0 saturated heterocycles. The van der Waals surface area contributed by atoms with Crippen molar-refractivity contribution in [1.82, 2.24) is 0 Å². The minimum absolute atomic E-state index is 0.328. The number of benzene rings is 7. The summed E-state index contributed by atoms with van der Waals surface area (Å²) in [5.74, 6) is 0. The molecule has 0 atom stereocenters. The van der Waals surface area contributed by atoms with E-state index in [-0.39, 0.29) is 0 Å². The van der Waals surface area contributed by atoms with E-state index >= 15 is 0 Å². The first-order valence-corrected chi connectivity index (χ1v) is 17.8. The van der Waals surface area contributed by atoms with Gasteiger partial charge < -0.3 is 21.6 Å². The van der Waals surface area contributed by atoms with Gasteiger partial charge in [0.15, 0.2) is 0 Å². The van der Waals surface area contributed by atoms with Gasteiger partial charge in [0.05, 0.1) is 22.8 Å². The summed E-state index contributed by atoms with van der Waals surface area (Å²) in [4.78, 5) is 0. The smallest absolute Gasteiger partial charge is 0.0612 e. The van der Waals surface area contributed by atoms with Crippen LogP contribution in [-0.2, 0) is 0 Å². The molecule has 0 unspecified atom stereocenters. The fourth-order valence-electron chi connectivity index (χ4n) is 6.51. The van der Waals surface area contributed by atoms with Crippen molar-refractivity contribution in [3.05, 3.63) is 229 Å². The zero-order chi connectivity index (χ0) is 37.3. The van der Waals surface area contributed by atoms with Crippen LogP contribution in [0, 0.1) is 21.6 Å². The second kappa shape index (κ2) is 16.4. The zero-order valence-electron chi connectivity index (χ0n) is 29.6. The Morgan fingerprint density at radius 1 is 0.259 bits per heavy atom. The van der Waals surface area contributed by atoms with Crippen molar-refractivity contribution < 1.29 is 0 Å². The Bertz CT molecular complexity index is 2320. The van der Waals surface area contributed by atoms with Crippen molar-refractivity contribution in [1.29, 1.82) is 21.6 Å². The van der Waals surface area contributed by atoms with Crippen LogP contribution >= 0.6 is 0 Å². The Morgan fingerprint density at radius 2 is 0.519 bits per heavy atom. The van der Waals surface area contributed by atoms with Gasteiger partial charge >= 0.3 is 0 Å². The van der Waals surface area contributed by atoms with Crippen LogP contribution in [0.2, 0.25) is 0 Å². The molecule has 7 aromatic carbocycles. The van der Waals surface area contributed by atoms with Crippen molar-refractivity contribution in [2.24, 2.45) is 0 Å². The fourth-order valence-corrected chi connectivity index (χ4v) is 6.51. The highest BCUT2D eigenvalue weighted by molar-refractivity contribution is 6.15. The van der Waals surface area contributed by atoms with Gasteiger partial charge in [-0.15, -0.1) is 0 Å². The second-order valence-corrected chi connectivity index (χ2v) is 12.9. The minimum Gasteiger partial charge on any atom is -0.300 e. The highest BCUT2D eigenvalue weighted by Crippen LogP contribution is 2.45. The lowest BCUT2D eigenvalue weighted by Crippen LogP contribution is -2.00. The summed E-state index contributed by atoms with van der Waals surface area (Å²) in [6, 6.07) is 60.5. The summed E-state index contributed by atoms with van der Waals surface area (Å²) in [6.07, 6.45) is 6.71. The summed E-state index contributed by atoms with van der Waals surface area (Å²) in [5.41, 5.74) is 13.0. The van der Waals surface area contributed by atoms with Crippen molar-refractivity contribution in [2.45, 2.75) is 0 Å². The van der Waals surface area contributed by atoms with Gasteiger partial charge in [0, 0.05) is 0 Å². The van der Waals surface area contributed by atoms with E-state index in [0.717, 1.165) is 66.8 Å². The number of hydrogen-bond donors (Lipinski definition) is 4. The summed E-state index contributed by atoms with van der Waals surface area (Å²) < 4.78 is 0. The molecule has 0 aliphatic heterocycles. The third kappa shape index (κ3) is 7.94. The Balaban J connectivity index is 1.29. The third-order valence-electron chi connectivity index (χ3n) is 9.35. The van der Waals surface area contributed by atoms with Crippen LogP contribution in [0.3, 0.4) is 0 Å². The van der Waals surface area contributed by atoms with Crippen molar-refractivity contribution in [3.63, 3.8) is 0 Å². The summed E-state index contributed by atoms with van der Waals surface area (Å²) in [7, 11) is 0. The molecule has 4 heteroatoms. The molecule has 0 spiro atoms. The lowest BCUT2D eigenvalue weighted by molar-refractivity contribution is 1.47. The first kappa shape index (κ1) is 35.1. The molecule has 0 aromatic heterocycles. The molecule has 0 bridgehead atoms. The van der Waals surface area contributed by atoms with Crippen LogP contribution in [0.5, 0.6) is 0 Å². The molecule has 54 heavy (non-hydrogen) atoms. The van der Waals surface area contributed by atoms with Crippen LogP contribution in [-0.4, -0.2) is 22.8 Å². The predicted octanol–water partition coefficient (Wildman–Crippen LogP) is 12.3. The maximum absolute atomic E-state index is 8.80. The summed E-state index contributed by atoms with van der Waals surface area (Å²) in [5, 5.41) is 34.5. The van der Waals surface area contributed by atoms with Gasteiger partial charge in [0.1, 0.15) is 0 Å². The van der Waals surface area contributed by atoms with E-state index in [1.54, 1.807) is 24.3 Å². The number of hydrogen-bond acceptors (Lipinski definition) is 4. The molecule has 0 aliphatic rings. The molecule has 0 heterocycles. The Hall–Kier alpha value is -7.30. The third-order valence-corrected chi connectivity index (χ3v) is 9.35. The molecule has 4 N–H and O–H groups in total. The standard InChI is InChI=1S/C50H38N4/c51-45(37-17-9-3-10-18-37)31-33-47(53)39-21-25-41(26-22-39)49-43(35-13-5-1-6-14-35)29-30-44(36-15-7-2-8-16-36)50(49)42-27-23-40(24-28-42)48(54)34-32-46(52)38-19-11-4-12-20-38/h1-34,51-54H/b33-31-,34-32-,51-45?,52-46?,53-47?,54-48?. The van der Waals surface area contributed by atoms with Crippen LogP contribution in [0.1, 0.15) is 22.3 Å². The van der Waals surface area contributed by atoms with Crippen molar-refractivity contribution in [2.75, 3.05) is 0 Å². The molecule has 7 rings (SSSR count). The van der Waals surface area contributed by atoms with Crippen LogP contribution in [0.15, 0.2) is 206 Å². The van der Waals surface area contributed by atoms with Gasteiger partial charge in [-0.05, 0) is 91.1 Å². The van der Waals surface area contributed by atoms with E-state index in [4.69, 9.17) is 21.6 Å². The van der Waals surface area contributed by atoms with Gasteiger partial charge in [-0.1, -0.05) is 182 Å². The van der Waals surface area contributed by atoms with Gasteiger partial charge in [0.25, 0.3) is 0 Å². The van der Waals surface area contributed by atoms with Crippen LogP contribution in [0.4, 0.5) is 0 Å². The molecule has 258 valence electrons. The second-order valence-electron chi connectivity index (χ2n) is 12.9. The monoisotopic (exact) mass is 694 g/mol. The minimum atomic E-state index is 0.328. The molecule has 4 nitrogen and oxygen atoms in total.